The zero-order valence-corrected chi connectivity index (χ0v) is 12.6. The van der Waals surface area contributed by atoms with Crippen LogP contribution in [0.2, 0.25) is 0 Å². The van der Waals surface area contributed by atoms with Gasteiger partial charge in [0.15, 0.2) is 0 Å². The fraction of sp³-hybridized carbons (Fsp3) is 0.571. The van der Waals surface area contributed by atoms with E-state index < -0.39 is 0 Å². The Bertz CT molecular complexity index is 372. The molecule has 0 aliphatic heterocycles. The standard InChI is InChI=1S/C14H21BrFNO/c1-3-14(4-2,10-18)9-17-8-11-7-12(15)5-6-13(11)16/h5-7,17-18H,3-4,8-10H2,1-2H3. The molecule has 0 fully saturated rings. The molecule has 0 unspecified atom stereocenters. The van der Waals surface area contributed by atoms with Gasteiger partial charge in [0.2, 0.25) is 0 Å². The van der Waals surface area contributed by atoms with Gasteiger partial charge < -0.3 is 10.4 Å². The fourth-order valence-electron chi connectivity index (χ4n) is 1.92. The van der Waals surface area contributed by atoms with Crippen LogP contribution in [0.5, 0.6) is 0 Å². The third kappa shape index (κ3) is 4.04. The molecule has 0 saturated heterocycles. The molecule has 1 rings (SSSR count). The summed E-state index contributed by atoms with van der Waals surface area (Å²) in [6.45, 7) is 5.48. The highest BCUT2D eigenvalue weighted by molar-refractivity contribution is 9.10. The molecule has 0 bridgehead atoms. The monoisotopic (exact) mass is 317 g/mol. The lowest BCUT2D eigenvalue weighted by molar-refractivity contribution is 0.113. The summed E-state index contributed by atoms with van der Waals surface area (Å²) in [5, 5.41) is 12.7. The summed E-state index contributed by atoms with van der Waals surface area (Å²) in [7, 11) is 0. The van der Waals surface area contributed by atoms with Gasteiger partial charge in [-0.05, 0) is 31.0 Å². The Hall–Kier alpha value is -0.450. The Morgan fingerprint density at radius 3 is 2.56 bits per heavy atom. The van der Waals surface area contributed by atoms with E-state index in [9.17, 15) is 9.50 Å². The van der Waals surface area contributed by atoms with E-state index in [0.29, 0.717) is 18.7 Å². The largest absolute Gasteiger partial charge is 0.396 e. The molecule has 0 radical (unpaired) electrons. The third-order valence-electron chi connectivity index (χ3n) is 3.66. The molecule has 0 aliphatic rings. The minimum absolute atomic E-state index is 0.0948. The second-order valence-corrected chi connectivity index (χ2v) is 5.62. The van der Waals surface area contributed by atoms with Crippen molar-refractivity contribution in [1.82, 2.24) is 5.32 Å². The normalized spacial score (nSPS) is 11.8. The van der Waals surface area contributed by atoms with Crippen LogP contribution in [-0.4, -0.2) is 18.3 Å². The number of benzene rings is 1. The maximum atomic E-state index is 13.5. The summed E-state index contributed by atoms with van der Waals surface area (Å²) >= 11 is 3.33. The van der Waals surface area contributed by atoms with Crippen molar-refractivity contribution < 1.29 is 9.50 Å². The Morgan fingerprint density at radius 2 is 2.00 bits per heavy atom. The molecule has 18 heavy (non-hydrogen) atoms. The highest BCUT2D eigenvalue weighted by atomic mass is 79.9. The molecule has 0 saturated carbocycles. The van der Waals surface area contributed by atoms with E-state index in [2.05, 4.69) is 35.1 Å². The van der Waals surface area contributed by atoms with E-state index in [-0.39, 0.29) is 17.8 Å². The zero-order valence-electron chi connectivity index (χ0n) is 11.0. The van der Waals surface area contributed by atoms with Gasteiger partial charge in [-0.1, -0.05) is 29.8 Å². The van der Waals surface area contributed by atoms with Crippen LogP contribution in [0.25, 0.3) is 0 Å². The van der Waals surface area contributed by atoms with E-state index in [1.54, 1.807) is 12.1 Å². The van der Waals surface area contributed by atoms with Crippen molar-refractivity contribution in [3.8, 4) is 0 Å². The van der Waals surface area contributed by atoms with Crippen LogP contribution in [0.15, 0.2) is 22.7 Å². The summed E-state index contributed by atoms with van der Waals surface area (Å²) in [4.78, 5) is 0. The molecule has 0 aliphatic carbocycles. The van der Waals surface area contributed by atoms with Gasteiger partial charge in [-0.3, -0.25) is 0 Å². The average molecular weight is 318 g/mol. The summed E-state index contributed by atoms with van der Waals surface area (Å²) in [5.74, 6) is -0.201. The van der Waals surface area contributed by atoms with Gasteiger partial charge >= 0.3 is 0 Å². The molecule has 0 aromatic heterocycles. The number of aliphatic hydroxyl groups is 1. The molecular weight excluding hydrogens is 297 g/mol. The number of hydrogen-bond acceptors (Lipinski definition) is 2. The molecule has 0 spiro atoms. The topological polar surface area (TPSA) is 32.3 Å². The van der Waals surface area contributed by atoms with Crippen LogP contribution in [0.3, 0.4) is 0 Å². The van der Waals surface area contributed by atoms with Crippen LogP contribution < -0.4 is 5.32 Å². The summed E-state index contributed by atoms with van der Waals surface area (Å²) in [6.07, 6.45) is 1.82. The first-order chi connectivity index (χ1) is 8.56. The third-order valence-corrected chi connectivity index (χ3v) is 4.15. The Balaban J connectivity index is 2.57. The summed E-state index contributed by atoms with van der Waals surface area (Å²) < 4.78 is 14.4. The predicted octanol–water partition coefficient (Wildman–Crippen LogP) is 3.48. The molecule has 2 N–H and O–H groups in total. The molecule has 4 heteroatoms. The van der Waals surface area contributed by atoms with Gasteiger partial charge in [0.1, 0.15) is 5.82 Å². The summed E-state index contributed by atoms with van der Waals surface area (Å²) in [6, 6.07) is 4.93. The quantitative estimate of drug-likeness (QED) is 0.807. The van der Waals surface area contributed by atoms with E-state index in [1.807, 2.05) is 0 Å². The molecule has 1 aromatic rings. The maximum absolute atomic E-state index is 13.5. The Labute approximate surface area is 117 Å². The second-order valence-electron chi connectivity index (χ2n) is 4.70. The molecule has 1 aromatic carbocycles. The summed E-state index contributed by atoms with van der Waals surface area (Å²) in [5.41, 5.74) is 0.547. The van der Waals surface area contributed by atoms with E-state index in [4.69, 9.17) is 0 Å². The second kappa shape index (κ2) is 7.22. The van der Waals surface area contributed by atoms with Crippen LogP contribution in [0.1, 0.15) is 32.3 Å². The number of halogens is 2. The van der Waals surface area contributed by atoms with Crippen LogP contribution in [0.4, 0.5) is 4.39 Å². The minimum Gasteiger partial charge on any atom is -0.396 e. The fourth-order valence-corrected chi connectivity index (χ4v) is 2.33. The maximum Gasteiger partial charge on any atom is 0.127 e. The Kier molecular flexibility index (Phi) is 6.26. The first kappa shape index (κ1) is 15.6. The van der Waals surface area contributed by atoms with Crippen LogP contribution >= 0.6 is 15.9 Å². The average Bonchev–Trinajstić information content (AvgIpc) is 2.39. The first-order valence-electron chi connectivity index (χ1n) is 6.32. The SMILES string of the molecule is CCC(CC)(CO)CNCc1cc(Br)ccc1F. The van der Waals surface area contributed by atoms with Crippen molar-refractivity contribution >= 4 is 15.9 Å². The van der Waals surface area contributed by atoms with E-state index in [0.717, 1.165) is 17.3 Å². The van der Waals surface area contributed by atoms with Gasteiger partial charge in [-0.15, -0.1) is 0 Å². The van der Waals surface area contributed by atoms with Gasteiger partial charge in [-0.25, -0.2) is 4.39 Å². The van der Waals surface area contributed by atoms with Crippen LogP contribution in [-0.2, 0) is 6.54 Å². The van der Waals surface area contributed by atoms with Crippen molar-refractivity contribution in [2.75, 3.05) is 13.2 Å². The van der Waals surface area contributed by atoms with Crippen molar-refractivity contribution in [2.45, 2.75) is 33.2 Å². The molecule has 102 valence electrons. The lowest BCUT2D eigenvalue weighted by Crippen LogP contribution is -2.36. The van der Waals surface area contributed by atoms with Crippen molar-refractivity contribution in [1.29, 1.82) is 0 Å². The highest BCUT2D eigenvalue weighted by Gasteiger charge is 2.24. The molecule has 0 amide bonds. The number of aliphatic hydroxyl groups excluding tert-OH is 1. The van der Waals surface area contributed by atoms with Gasteiger partial charge in [0.05, 0.1) is 0 Å². The van der Waals surface area contributed by atoms with Crippen LogP contribution in [0, 0.1) is 11.2 Å². The Morgan fingerprint density at radius 1 is 1.33 bits per heavy atom. The van der Waals surface area contributed by atoms with Gasteiger partial charge in [-0.2, -0.15) is 0 Å². The van der Waals surface area contributed by atoms with Crippen molar-refractivity contribution in [2.24, 2.45) is 5.41 Å². The minimum atomic E-state index is -0.201. The lowest BCUT2D eigenvalue weighted by Gasteiger charge is -2.29. The van der Waals surface area contributed by atoms with Gasteiger partial charge in [0.25, 0.3) is 0 Å². The highest BCUT2D eigenvalue weighted by Crippen LogP contribution is 2.24. The lowest BCUT2D eigenvalue weighted by atomic mass is 9.83. The van der Waals surface area contributed by atoms with E-state index >= 15 is 0 Å². The van der Waals surface area contributed by atoms with Gasteiger partial charge in [0, 0.05) is 35.1 Å². The van der Waals surface area contributed by atoms with Crippen molar-refractivity contribution in [3.05, 3.63) is 34.1 Å². The first-order valence-corrected chi connectivity index (χ1v) is 7.11. The molecule has 0 heterocycles. The predicted molar refractivity (Wildman–Crippen MR) is 75.9 cm³/mol. The smallest absolute Gasteiger partial charge is 0.127 e. The van der Waals surface area contributed by atoms with Crippen molar-refractivity contribution in [3.63, 3.8) is 0 Å². The molecular formula is C14H21BrFNO. The molecule has 0 atom stereocenters. The number of hydrogen-bond donors (Lipinski definition) is 2. The molecule has 2 nitrogen and oxygen atoms in total. The zero-order chi connectivity index (χ0) is 13.6. The van der Waals surface area contributed by atoms with E-state index in [1.165, 1.54) is 6.07 Å². The number of rotatable bonds is 7. The number of nitrogens with one attached hydrogen (secondary N) is 1.